The summed E-state index contributed by atoms with van der Waals surface area (Å²) >= 11 is 0. The highest BCUT2D eigenvalue weighted by molar-refractivity contribution is 5.92. The minimum atomic E-state index is -1.45. The van der Waals surface area contributed by atoms with Gasteiger partial charge >= 0.3 is 5.97 Å². The molecule has 0 aliphatic rings. The second-order valence-corrected chi connectivity index (χ2v) is 4.37. The zero-order valence-electron chi connectivity index (χ0n) is 12.5. The molecule has 0 saturated carbocycles. The van der Waals surface area contributed by atoms with Gasteiger partial charge in [-0.1, -0.05) is 6.92 Å². The number of benzene rings is 1. The lowest BCUT2D eigenvalue weighted by Crippen LogP contribution is -2.46. The predicted molar refractivity (Wildman–Crippen MR) is 78.3 cm³/mol. The van der Waals surface area contributed by atoms with Gasteiger partial charge in [0.1, 0.15) is 11.9 Å². The van der Waals surface area contributed by atoms with Crippen molar-refractivity contribution in [1.82, 2.24) is 0 Å². The number of ketones is 1. The van der Waals surface area contributed by atoms with Crippen LogP contribution in [0.15, 0.2) is 24.3 Å². The first-order chi connectivity index (χ1) is 10.0. The Hall–Kier alpha value is -2.08. The number of anilines is 1. The SMILES string of the molecule is CCOC(=O)[C@@H](Nc1ccc(OC)cc1)[C@@H](O)C(=O)CC. The van der Waals surface area contributed by atoms with Crippen molar-refractivity contribution >= 4 is 17.4 Å². The molecule has 0 amide bonds. The summed E-state index contributed by atoms with van der Waals surface area (Å²) in [5.74, 6) is -0.421. The third kappa shape index (κ3) is 4.75. The molecule has 0 aromatic heterocycles. The summed E-state index contributed by atoms with van der Waals surface area (Å²) in [6.45, 7) is 3.46. The zero-order chi connectivity index (χ0) is 15.8. The van der Waals surface area contributed by atoms with E-state index in [2.05, 4.69) is 5.32 Å². The average Bonchev–Trinajstić information content (AvgIpc) is 2.51. The molecule has 0 aliphatic heterocycles. The number of esters is 1. The molecular weight excluding hydrogens is 274 g/mol. The van der Waals surface area contributed by atoms with Crippen LogP contribution in [0, 0.1) is 0 Å². The lowest BCUT2D eigenvalue weighted by Gasteiger charge is -2.22. The number of ether oxygens (including phenoxy) is 2. The van der Waals surface area contributed by atoms with Crippen LogP contribution in [0.3, 0.4) is 0 Å². The highest BCUT2D eigenvalue weighted by Gasteiger charge is 2.32. The van der Waals surface area contributed by atoms with Gasteiger partial charge in [0.15, 0.2) is 11.8 Å². The van der Waals surface area contributed by atoms with Crippen molar-refractivity contribution < 1.29 is 24.2 Å². The van der Waals surface area contributed by atoms with Crippen molar-refractivity contribution in [3.05, 3.63) is 24.3 Å². The molecule has 0 unspecified atom stereocenters. The number of carbonyl (C=O) groups is 2. The molecule has 2 atom stereocenters. The lowest BCUT2D eigenvalue weighted by atomic mass is 10.0. The molecule has 6 nitrogen and oxygen atoms in total. The molecule has 0 spiro atoms. The third-order valence-electron chi connectivity index (χ3n) is 2.95. The number of nitrogens with one attached hydrogen (secondary N) is 1. The Balaban J connectivity index is 2.89. The minimum Gasteiger partial charge on any atom is -0.497 e. The maximum absolute atomic E-state index is 11.9. The first-order valence-electron chi connectivity index (χ1n) is 6.81. The summed E-state index contributed by atoms with van der Waals surface area (Å²) < 4.78 is 9.94. The van der Waals surface area contributed by atoms with Crippen LogP contribution in [0.2, 0.25) is 0 Å². The molecule has 0 fully saturated rings. The van der Waals surface area contributed by atoms with Crippen LogP contribution in [-0.2, 0) is 14.3 Å². The first-order valence-corrected chi connectivity index (χ1v) is 6.81. The topological polar surface area (TPSA) is 84.9 Å². The summed E-state index contributed by atoms with van der Waals surface area (Å²) in [5.41, 5.74) is 0.580. The Morgan fingerprint density at radius 3 is 2.33 bits per heavy atom. The molecule has 116 valence electrons. The maximum Gasteiger partial charge on any atom is 0.331 e. The molecular formula is C15H21NO5. The van der Waals surface area contributed by atoms with Crippen LogP contribution in [0.4, 0.5) is 5.69 Å². The Morgan fingerprint density at radius 1 is 1.24 bits per heavy atom. The van der Waals surface area contributed by atoms with Gasteiger partial charge in [0.25, 0.3) is 0 Å². The number of aliphatic hydroxyl groups is 1. The number of hydrogen-bond acceptors (Lipinski definition) is 6. The van der Waals surface area contributed by atoms with Crippen LogP contribution in [-0.4, -0.2) is 42.7 Å². The second-order valence-electron chi connectivity index (χ2n) is 4.37. The number of aliphatic hydroxyl groups excluding tert-OH is 1. The van der Waals surface area contributed by atoms with Gasteiger partial charge in [-0.15, -0.1) is 0 Å². The Kier molecular flexibility index (Phi) is 6.68. The minimum absolute atomic E-state index is 0.140. The third-order valence-corrected chi connectivity index (χ3v) is 2.95. The molecule has 1 aromatic carbocycles. The summed E-state index contributed by atoms with van der Waals surface area (Å²) in [6.07, 6.45) is -1.31. The molecule has 0 bridgehead atoms. The van der Waals surface area contributed by atoms with Crippen molar-refractivity contribution in [2.24, 2.45) is 0 Å². The highest BCUT2D eigenvalue weighted by Crippen LogP contribution is 2.17. The summed E-state index contributed by atoms with van der Waals surface area (Å²) in [4.78, 5) is 23.5. The summed E-state index contributed by atoms with van der Waals surface area (Å²) in [6, 6.07) is 5.66. The summed E-state index contributed by atoms with van der Waals surface area (Å²) in [5, 5.41) is 12.8. The second kappa shape index (κ2) is 8.26. The Labute approximate surface area is 124 Å². The molecule has 0 aliphatic carbocycles. The zero-order valence-corrected chi connectivity index (χ0v) is 12.5. The number of rotatable bonds is 8. The molecule has 6 heteroatoms. The number of carbonyl (C=O) groups excluding carboxylic acids is 2. The molecule has 0 heterocycles. The normalized spacial score (nSPS) is 13.1. The van der Waals surface area contributed by atoms with E-state index in [9.17, 15) is 14.7 Å². The van der Waals surface area contributed by atoms with E-state index in [4.69, 9.17) is 9.47 Å². The van der Waals surface area contributed by atoms with Gasteiger partial charge in [-0.25, -0.2) is 4.79 Å². The van der Waals surface area contributed by atoms with Crippen LogP contribution in [0.1, 0.15) is 20.3 Å². The van der Waals surface area contributed by atoms with E-state index in [0.717, 1.165) is 0 Å². The van der Waals surface area contributed by atoms with E-state index in [0.29, 0.717) is 11.4 Å². The van der Waals surface area contributed by atoms with Crippen molar-refractivity contribution in [3.8, 4) is 5.75 Å². The van der Waals surface area contributed by atoms with Gasteiger partial charge in [0, 0.05) is 12.1 Å². The Morgan fingerprint density at radius 2 is 1.86 bits per heavy atom. The summed E-state index contributed by atoms with van der Waals surface area (Å²) in [7, 11) is 1.55. The van der Waals surface area contributed by atoms with Gasteiger partial charge in [-0.2, -0.15) is 0 Å². The van der Waals surface area contributed by atoms with E-state index in [-0.39, 0.29) is 13.0 Å². The largest absolute Gasteiger partial charge is 0.497 e. The van der Waals surface area contributed by atoms with E-state index < -0.39 is 23.9 Å². The fourth-order valence-electron chi connectivity index (χ4n) is 1.76. The fourth-order valence-corrected chi connectivity index (χ4v) is 1.76. The van der Waals surface area contributed by atoms with E-state index in [1.54, 1.807) is 45.2 Å². The van der Waals surface area contributed by atoms with Gasteiger partial charge in [-0.05, 0) is 31.2 Å². The maximum atomic E-state index is 11.9. The lowest BCUT2D eigenvalue weighted by molar-refractivity contribution is -0.149. The van der Waals surface area contributed by atoms with Crippen LogP contribution in [0.5, 0.6) is 5.75 Å². The first kappa shape index (κ1) is 17.0. The monoisotopic (exact) mass is 295 g/mol. The quantitative estimate of drug-likeness (QED) is 0.705. The molecule has 0 saturated heterocycles. The van der Waals surface area contributed by atoms with Crippen molar-refractivity contribution in [3.63, 3.8) is 0 Å². The highest BCUT2D eigenvalue weighted by atomic mass is 16.5. The van der Waals surface area contributed by atoms with Gasteiger partial charge in [0.2, 0.25) is 0 Å². The number of methoxy groups -OCH3 is 1. The fraction of sp³-hybridized carbons (Fsp3) is 0.467. The predicted octanol–water partition coefficient (Wildman–Crippen LogP) is 1.38. The van der Waals surface area contributed by atoms with E-state index in [1.807, 2.05) is 0 Å². The van der Waals surface area contributed by atoms with Gasteiger partial charge in [-0.3, -0.25) is 4.79 Å². The molecule has 1 aromatic rings. The molecule has 0 radical (unpaired) electrons. The smallest absolute Gasteiger partial charge is 0.331 e. The van der Waals surface area contributed by atoms with Crippen LogP contribution >= 0.6 is 0 Å². The molecule has 1 rings (SSSR count). The standard InChI is InChI=1S/C15H21NO5/c1-4-12(17)14(18)13(15(19)21-5-2)16-10-6-8-11(20-3)9-7-10/h6-9,13-14,16,18H,4-5H2,1-3H3/t13-,14-/m0/s1. The number of hydrogen-bond donors (Lipinski definition) is 2. The van der Waals surface area contributed by atoms with Crippen molar-refractivity contribution in [1.29, 1.82) is 0 Å². The average molecular weight is 295 g/mol. The van der Waals surface area contributed by atoms with E-state index >= 15 is 0 Å². The molecule has 2 N–H and O–H groups in total. The van der Waals surface area contributed by atoms with Crippen molar-refractivity contribution in [2.75, 3.05) is 19.0 Å². The number of Topliss-reactive ketones (excluding diaryl/α,β-unsaturated/α-hetero) is 1. The van der Waals surface area contributed by atoms with E-state index in [1.165, 1.54) is 0 Å². The van der Waals surface area contributed by atoms with Crippen LogP contribution < -0.4 is 10.1 Å². The van der Waals surface area contributed by atoms with Gasteiger partial charge < -0.3 is 19.9 Å². The van der Waals surface area contributed by atoms with Crippen LogP contribution in [0.25, 0.3) is 0 Å². The van der Waals surface area contributed by atoms with Crippen molar-refractivity contribution in [2.45, 2.75) is 32.4 Å². The Bertz CT molecular complexity index is 471. The van der Waals surface area contributed by atoms with Gasteiger partial charge in [0.05, 0.1) is 13.7 Å². The molecule has 21 heavy (non-hydrogen) atoms.